The van der Waals surface area contributed by atoms with E-state index < -0.39 is 0 Å². The molecule has 28 heavy (non-hydrogen) atoms. The van der Waals surface area contributed by atoms with Crippen molar-refractivity contribution < 1.29 is 9.53 Å². The summed E-state index contributed by atoms with van der Waals surface area (Å²) in [7, 11) is 0.135. The lowest BCUT2D eigenvalue weighted by atomic mass is 9.84. The maximum atomic E-state index is 13.1. The molecule has 0 radical (unpaired) electrons. The Labute approximate surface area is 172 Å². The Morgan fingerprint density at radius 3 is 2.14 bits per heavy atom. The van der Waals surface area contributed by atoms with Gasteiger partial charge in [0, 0.05) is 5.56 Å². The zero-order chi connectivity index (χ0) is 20.9. The van der Waals surface area contributed by atoms with Crippen LogP contribution in [-0.4, -0.2) is 12.1 Å². The van der Waals surface area contributed by atoms with Crippen LogP contribution in [0.25, 0.3) is 0 Å². The molecule has 1 unspecified atom stereocenters. The van der Waals surface area contributed by atoms with E-state index in [1.807, 2.05) is 6.07 Å². The summed E-state index contributed by atoms with van der Waals surface area (Å²) < 4.78 is 5.83. The lowest BCUT2D eigenvalue weighted by Crippen LogP contribution is -2.14. The first-order chi connectivity index (χ1) is 13.1. The number of carbonyl (C=O) groups is 1. The van der Waals surface area contributed by atoms with Gasteiger partial charge in [-0.2, -0.15) is 0 Å². The SMILES string of the molecule is CCCCCOc1ccc(PC(=O)c2c(C)cc(C(C)(C)C)cc2C)c(C)c1. The van der Waals surface area contributed by atoms with Crippen molar-refractivity contribution in [3.63, 3.8) is 0 Å². The minimum absolute atomic E-state index is 0.0862. The zero-order valence-corrected chi connectivity index (χ0v) is 19.5. The van der Waals surface area contributed by atoms with Crippen LogP contribution in [0.3, 0.4) is 0 Å². The summed E-state index contributed by atoms with van der Waals surface area (Å²) in [5.41, 5.74) is 5.75. The summed E-state index contributed by atoms with van der Waals surface area (Å²) in [6.45, 7) is 15.7. The molecule has 3 heteroatoms. The van der Waals surface area contributed by atoms with Gasteiger partial charge in [-0.05, 0) is 80.9 Å². The predicted octanol–water partition coefficient (Wildman–Crippen LogP) is 6.62. The normalized spacial score (nSPS) is 12.0. The third kappa shape index (κ3) is 5.92. The van der Waals surface area contributed by atoms with E-state index in [0.717, 1.165) is 46.3 Å². The molecule has 0 saturated carbocycles. The van der Waals surface area contributed by atoms with Crippen LogP contribution in [0.2, 0.25) is 0 Å². The van der Waals surface area contributed by atoms with Gasteiger partial charge in [-0.15, -0.1) is 0 Å². The van der Waals surface area contributed by atoms with Crippen molar-refractivity contribution in [3.8, 4) is 5.75 Å². The Bertz CT molecular complexity index is 808. The minimum Gasteiger partial charge on any atom is -0.494 e. The Balaban J connectivity index is 2.15. The molecule has 2 nitrogen and oxygen atoms in total. The van der Waals surface area contributed by atoms with Gasteiger partial charge < -0.3 is 4.74 Å². The van der Waals surface area contributed by atoms with Crippen molar-refractivity contribution in [1.82, 2.24) is 0 Å². The van der Waals surface area contributed by atoms with Gasteiger partial charge >= 0.3 is 0 Å². The fourth-order valence-corrected chi connectivity index (χ4v) is 4.55. The molecule has 2 aromatic rings. The average molecular weight is 399 g/mol. The molecule has 0 saturated heterocycles. The number of rotatable bonds is 8. The highest BCUT2D eigenvalue weighted by Crippen LogP contribution is 2.31. The number of benzene rings is 2. The molecular formula is C25H35O2P. The van der Waals surface area contributed by atoms with Gasteiger partial charge in [0.15, 0.2) is 5.52 Å². The molecule has 152 valence electrons. The minimum atomic E-state index is 0.0862. The highest BCUT2D eigenvalue weighted by atomic mass is 31.1. The number of hydrogen-bond donors (Lipinski definition) is 0. The molecule has 0 heterocycles. The molecule has 2 aromatic carbocycles. The van der Waals surface area contributed by atoms with Crippen LogP contribution in [0, 0.1) is 20.8 Å². The Kier molecular flexibility index (Phi) is 7.84. The Morgan fingerprint density at radius 2 is 1.61 bits per heavy atom. The van der Waals surface area contributed by atoms with E-state index in [-0.39, 0.29) is 19.5 Å². The van der Waals surface area contributed by atoms with E-state index in [2.05, 4.69) is 72.7 Å². The van der Waals surface area contributed by atoms with E-state index in [1.165, 1.54) is 18.4 Å². The summed E-state index contributed by atoms with van der Waals surface area (Å²) in [6.07, 6.45) is 3.47. The summed E-state index contributed by atoms with van der Waals surface area (Å²) in [4.78, 5) is 13.1. The monoisotopic (exact) mass is 398 g/mol. The lowest BCUT2D eigenvalue weighted by molar-refractivity contribution is 0.108. The zero-order valence-electron chi connectivity index (χ0n) is 18.5. The molecule has 1 atom stereocenters. The molecule has 0 aliphatic rings. The number of carbonyl (C=O) groups excluding carboxylic acids is 1. The van der Waals surface area contributed by atoms with E-state index in [1.54, 1.807) is 0 Å². The maximum Gasteiger partial charge on any atom is 0.186 e. The summed E-state index contributed by atoms with van der Waals surface area (Å²) in [6, 6.07) is 10.4. The smallest absolute Gasteiger partial charge is 0.186 e. The van der Waals surface area contributed by atoms with Gasteiger partial charge in [-0.25, -0.2) is 0 Å². The van der Waals surface area contributed by atoms with E-state index in [4.69, 9.17) is 4.74 Å². The summed E-state index contributed by atoms with van der Waals surface area (Å²) in [5, 5.41) is 1.10. The van der Waals surface area contributed by atoms with Crippen LogP contribution in [0.5, 0.6) is 5.75 Å². The molecule has 0 amide bonds. The fraction of sp³-hybridized carbons (Fsp3) is 0.480. The van der Waals surface area contributed by atoms with Crippen LogP contribution in [0.4, 0.5) is 0 Å². The second-order valence-corrected chi connectivity index (χ2v) is 9.96. The highest BCUT2D eigenvalue weighted by Gasteiger charge is 2.20. The Morgan fingerprint density at radius 1 is 0.964 bits per heavy atom. The van der Waals surface area contributed by atoms with Gasteiger partial charge in [0.1, 0.15) is 5.75 Å². The summed E-state index contributed by atoms with van der Waals surface area (Å²) >= 11 is 0. The number of ether oxygens (including phenoxy) is 1. The molecule has 0 aromatic heterocycles. The van der Waals surface area contributed by atoms with Crippen molar-refractivity contribution in [2.75, 3.05) is 6.61 Å². The molecule has 0 fully saturated rings. The van der Waals surface area contributed by atoms with E-state index in [9.17, 15) is 4.79 Å². The van der Waals surface area contributed by atoms with Gasteiger partial charge in [-0.1, -0.05) is 58.7 Å². The van der Waals surface area contributed by atoms with Crippen molar-refractivity contribution >= 4 is 19.4 Å². The van der Waals surface area contributed by atoms with Gasteiger partial charge in [0.25, 0.3) is 0 Å². The first kappa shape index (κ1) is 22.6. The van der Waals surface area contributed by atoms with Crippen LogP contribution in [-0.2, 0) is 5.41 Å². The van der Waals surface area contributed by atoms with Crippen molar-refractivity contribution in [3.05, 3.63) is 58.1 Å². The van der Waals surface area contributed by atoms with Crippen molar-refractivity contribution in [2.45, 2.75) is 73.1 Å². The first-order valence-electron chi connectivity index (χ1n) is 10.3. The highest BCUT2D eigenvalue weighted by molar-refractivity contribution is 7.66. The van der Waals surface area contributed by atoms with Crippen LogP contribution >= 0.6 is 8.58 Å². The fourth-order valence-electron chi connectivity index (χ4n) is 3.35. The standard InChI is InChI=1S/C25H35O2P/c1-8-9-10-13-27-21-11-12-22(17(2)16-21)28-24(26)23-18(3)14-20(15-19(23)4)25(5,6)7/h11-12,14-16,28H,8-10,13H2,1-7H3. The first-order valence-corrected chi connectivity index (χ1v) is 11.3. The van der Waals surface area contributed by atoms with Crippen molar-refractivity contribution in [2.24, 2.45) is 0 Å². The predicted molar refractivity (Wildman–Crippen MR) is 123 cm³/mol. The lowest BCUT2D eigenvalue weighted by Gasteiger charge is -2.22. The number of hydrogen-bond acceptors (Lipinski definition) is 2. The third-order valence-corrected chi connectivity index (χ3v) is 6.40. The molecule has 0 bridgehead atoms. The molecule has 0 spiro atoms. The average Bonchev–Trinajstić information content (AvgIpc) is 2.59. The molecule has 0 aliphatic heterocycles. The maximum absolute atomic E-state index is 13.1. The summed E-state index contributed by atoms with van der Waals surface area (Å²) in [5.74, 6) is 0.900. The molecule has 0 N–H and O–H groups in total. The van der Waals surface area contributed by atoms with E-state index in [0.29, 0.717) is 0 Å². The van der Waals surface area contributed by atoms with Gasteiger partial charge in [0.2, 0.25) is 0 Å². The molecule has 2 rings (SSSR count). The third-order valence-electron chi connectivity index (χ3n) is 5.09. The van der Waals surface area contributed by atoms with Crippen LogP contribution in [0.15, 0.2) is 30.3 Å². The molecule has 0 aliphatic carbocycles. The second kappa shape index (κ2) is 9.70. The number of aryl methyl sites for hydroxylation is 3. The second-order valence-electron chi connectivity index (χ2n) is 8.72. The largest absolute Gasteiger partial charge is 0.494 e. The number of unbranched alkanes of at least 4 members (excludes halogenated alkanes) is 2. The van der Waals surface area contributed by atoms with E-state index >= 15 is 0 Å². The molecular weight excluding hydrogens is 363 g/mol. The Hall–Kier alpha value is -1.66. The quantitative estimate of drug-likeness (QED) is 0.369. The van der Waals surface area contributed by atoms with Gasteiger partial charge in [-0.3, -0.25) is 4.79 Å². The van der Waals surface area contributed by atoms with Gasteiger partial charge in [0.05, 0.1) is 6.61 Å². The van der Waals surface area contributed by atoms with Crippen LogP contribution < -0.4 is 10.0 Å². The topological polar surface area (TPSA) is 26.3 Å². The van der Waals surface area contributed by atoms with Crippen LogP contribution in [0.1, 0.15) is 79.6 Å². The van der Waals surface area contributed by atoms with Crippen molar-refractivity contribution in [1.29, 1.82) is 0 Å².